The van der Waals surface area contributed by atoms with Gasteiger partial charge in [0.1, 0.15) is 0 Å². The van der Waals surface area contributed by atoms with Crippen LogP contribution in [0.15, 0.2) is 83.1 Å². The molecule has 7 nitrogen and oxygen atoms in total. The smallest absolute Gasteiger partial charge is 0.688 e. The van der Waals surface area contributed by atoms with Gasteiger partial charge in [-0.05, 0) is 37.7 Å². The molecule has 0 saturated heterocycles. The molecule has 0 spiro atoms. The first-order valence-electron chi connectivity index (χ1n) is 14.6. The summed E-state index contributed by atoms with van der Waals surface area (Å²) in [6.45, 7) is 28.8. The quantitative estimate of drug-likeness (QED) is 0.110. The molecule has 0 aliphatic rings. The number of aryl methyl sites for hydroxylation is 1. The Labute approximate surface area is 285 Å². The summed E-state index contributed by atoms with van der Waals surface area (Å²) >= 11 is 0. The Hall–Kier alpha value is -1.99. The van der Waals surface area contributed by atoms with Gasteiger partial charge >= 0.3 is 26.2 Å². The molecular formula is C31H51N7Si4Zr. The molecule has 0 heterocycles. The third-order valence-corrected chi connectivity index (χ3v) is 9.34. The van der Waals surface area contributed by atoms with Gasteiger partial charge in [-0.3, -0.25) is 0 Å². The molecule has 0 atom stereocenters. The fourth-order valence-electron chi connectivity index (χ4n) is 3.50. The third-order valence-electron chi connectivity index (χ3n) is 5.21. The Morgan fingerprint density at radius 3 is 1.35 bits per heavy atom. The van der Waals surface area contributed by atoms with Crippen LogP contribution in [0, 0.1) is 6.92 Å². The maximum Gasteiger partial charge on any atom is 4.00 e. The van der Waals surface area contributed by atoms with Crippen molar-refractivity contribution in [3.63, 3.8) is 0 Å². The van der Waals surface area contributed by atoms with E-state index in [2.05, 4.69) is 120 Å². The average molecular weight is 725 g/mol. The topological polar surface area (TPSA) is 84.4 Å². The molecule has 0 saturated carbocycles. The van der Waals surface area contributed by atoms with E-state index in [0.29, 0.717) is 0 Å². The molecule has 0 unspecified atom stereocenters. The van der Waals surface area contributed by atoms with Gasteiger partial charge in [0.15, 0.2) is 8.24 Å². The van der Waals surface area contributed by atoms with Gasteiger partial charge in [0.2, 0.25) is 0 Å². The van der Waals surface area contributed by atoms with Gasteiger partial charge in [0.25, 0.3) is 0 Å². The summed E-state index contributed by atoms with van der Waals surface area (Å²) in [7, 11) is -6.26. The monoisotopic (exact) mass is 723 g/mol. The van der Waals surface area contributed by atoms with Gasteiger partial charge in [-0.1, -0.05) is 156 Å². The van der Waals surface area contributed by atoms with E-state index < -0.39 is 32.9 Å². The Kier molecular flexibility index (Phi) is 14.8. The van der Waals surface area contributed by atoms with Gasteiger partial charge < -0.3 is 25.2 Å². The van der Waals surface area contributed by atoms with Crippen LogP contribution in [0.25, 0.3) is 20.4 Å². The van der Waals surface area contributed by atoms with Gasteiger partial charge in [-0.25, -0.2) is 0 Å². The van der Waals surface area contributed by atoms with Crippen LogP contribution < -0.4 is 0 Å². The zero-order valence-electron chi connectivity index (χ0n) is 28.6. The Morgan fingerprint density at radius 1 is 0.535 bits per heavy atom. The normalized spacial score (nSPS) is 12.0. The summed E-state index contributed by atoms with van der Waals surface area (Å²) in [5, 5.41) is 8.97. The van der Waals surface area contributed by atoms with Gasteiger partial charge in [0, 0.05) is 0 Å². The first-order valence-corrected chi connectivity index (χ1v) is 28.4. The zero-order valence-corrected chi connectivity index (χ0v) is 35.0. The second kappa shape index (κ2) is 16.4. The van der Waals surface area contributed by atoms with Crippen LogP contribution in [0.4, 0.5) is 28.4 Å². The van der Waals surface area contributed by atoms with Crippen molar-refractivity contribution in [2.75, 3.05) is 0 Å². The Morgan fingerprint density at radius 2 is 0.930 bits per heavy atom. The fraction of sp³-hybridized carbons (Fsp3) is 0.419. The van der Waals surface area contributed by atoms with E-state index in [-0.39, 0.29) is 26.2 Å². The first kappa shape index (κ1) is 39.0. The van der Waals surface area contributed by atoms with E-state index in [0.717, 1.165) is 28.4 Å². The molecule has 0 aliphatic heterocycles. The summed E-state index contributed by atoms with van der Waals surface area (Å²) < 4.78 is 0. The van der Waals surface area contributed by atoms with Crippen LogP contribution in [-0.4, -0.2) is 37.7 Å². The molecule has 3 aromatic rings. The van der Waals surface area contributed by atoms with Crippen molar-refractivity contribution in [2.45, 2.75) is 85.5 Å². The predicted molar refractivity (Wildman–Crippen MR) is 196 cm³/mol. The number of rotatable bonds is 11. The molecule has 3 aromatic carbocycles. The van der Waals surface area contributed by atoms with E-state index in [1.54, 1.807) is 4.78 Å². The van der Waals surface area contributed by atoms with E-state index in [9.17, 15) is 0 Å². The minimum atomic E-state index is -1.82. The molecule has 43 heavy (non-hydrogen) atoms. The van der Waals surface area contributed by atoms with E-state index in [4.69, 9.17) is 20.4 Å². The predicted octanol–water partition coefficient (Wildman–Crippen LogP) is 13.0. The molecule has 12 heteroatoms. The number of nitrogens with zero attached hydrogens (tertiary/aromatic N) is 7. The SMILES string of the molecule is C[Si](C)(C)[N-]c1ccccc1[N-][Si](C)(C)C.Cc1ccc([N-]N(N=Nc2ccccc2[N-][Si](C)(C)C)[Si](C)(C)C)cc1.[Zr+4]. The van der Waals surface area contributed by atoms with Crippen LogP contribution in [0.5, 0.6) is 0 Å². The van der Waals surface area contributed by atoms with Gasteiger partial charge in [-0.15, -0.1) is 16.5 Å². The van der Waals surface area contributed by atoms with Crippen LogP contribution in [0.2, 0.25) is 78.6 Å². The van der Waals surface area contributed by atoms with Crippen molar-refractivity contribution in [1.82, 2.24) is 4.78 Å². The summed E-state index contributed by atoms with van der Waals surface area (Å²) in [5.74, 6) is 0. The molecule has 0 radical (unpaired) electrons. The Bertz CT molecular complexity index is 1260. The van der Waals surface area contributed by atoms with Crippen molar-refractivity contribution in [2.24, 2.45) is 10.3 Å². The molecule has 0 amide bonds. The first-order chi connectivity index (χ1) is 19.2. The maximum absolute atomic E-state index is 4.87. The summed E-state index contributed by atoms with van der Waals surface area (Å²) in [4.78, 5) is 16.4. The molecule has 230 valence electrons. The van der Waals surface area contributed by atoms with Crippen molar-refractivity contribution in [3.8, 4) is 0 Å². The maximum atomic E-state index is 4.87. The van der Waals surface area contributed by atoms with Crippen LogP contribution in [0.1, 0.15) is 5.56 Å². The molecular weight excluding hydrogens is 674 g/mol. The van der Waals surface area contributed by atoms with Crippen molar-refractivity contribution >= 4 is 61.4 Å². The molecule has 0 N–H and O–H groups in total. The Balaban J connectivity index is 0.000000469. The number of hydrogen-bond acceptors (Lipinski definition) is 2. The zero-order chi connectivity index (χ0) is 31.8. The van der Waals surface area contributed by atoms with Crippen molar-refractivity contribution in [1.29, 1.82) is 0 Å². The fourth-order valence-corrected chi connectivity index (χ4v) is 6.96. The molecule has 0 aliphatic carbocycles. The molecule has 0 aromatic heterocycles. The summed E-state index contributed by atoms with van der Waals surface area (Å²) in [6.07, 6.45) is 0. The molecule has 0 bridgehead atoms. The van der Waals surface area contributed by atoms with E-state index >= 15 is 0 Å². The van der Waals surface area contributed by atoms with Crippen molar-refractivity contribution < 1.29 is 26.2 Å². The van der Waals surface area contributed by atoms with Crippen molar-refractivity contribution in [3.05, 3.63) is 98.7 Å². The number of hydrogen-bond donors (Lipinski definition) is 0. The second-order valence-electron chi connectivity index (χ2n) is 14.4. The van der Waals surface area contributed by atoms with Crippen LogP contribution in [0.3, 0.4) is 0 Å². The van der Waals surface area contributed by atoms with E-state index in [1.807, 2.05) is 48.5 Å². The average Bonchev–Trinajstić information content (AvgIpc) is 2.82. The minimum absolute atomic E-state index is 0. The summed E-state index contributed by atoms with van der Waals surface area (Å²) in [6, 6.07) is 24.3. The van der Waals surface area contributed by atoms with E-state index in [1.165, 1.54) is 5.56 Å². The van der Waals surface area contributed by atoms with Gasteiger partial charge in [0.05, 0.1) is 5.69 Å². The standard InChI is InChI=1S/C19H29N5Si2.C12H22N2Si2.Zr/c1-16-12-14-17(15-13-16)21-24(26(5,6)7)23-20-18-10-8-9-11-19(18)22-25(2,3)4;1-15(2,3)13-11-9-7-8-10-12(11)14-16(4,5)6;/h8-15H,1-7H3;7-10H,1-6H3;/q2*-2;+4. The van der Waals surface area contributed by atoms with Gasteiger partial charge in [-0.2, -0.15) is 11.4 Å². The third kappa shape index (κ3) is 16.1. The summed E-state index contributed by atoms with van der Waals surface area (Å²) in [5.41, 5.74) is 10.6. The van der Waals surface area contributed by atoms with Crippen LogP contribution >= 0.6 is 0 Å². The molecule has 0 fully saturated rings. The number of benzene rings is 3. The minimum Gasteiger partial charge on any atom is -0.688 e. The van der Waals surface area contributed by atoms with Crippen LogP contribution in [-0.2, 0) is 26.2 Å². The largest absolute Gasteiger partial charge is 4.00 e. The molecule has 3 rings (SSSR count). The second-order valence-corrected chi connectivity index (χ2v) is 32.8.